The van der Waals surface area contributed by atoms with E-state index in [9.17, 15) is 40.7 Å². The van der Waals surface area contributed by atoms with E-state index in [2.05, 4.69) is 20.1 Å². The summed E-state index contributed by atoms with van der Waals surface area (Å²) >= 11 is 0. The van der Waals surface area contributed by atoms with Crippen molar-refractivity contribution in [2.24, 2.45) is 11.6 Å². The molecule has 0 spiro atoms. The summed E-state index contributed by atoms with van der Waals surface area (Å²) in [5.74, 6) is 4.28. The zero-order valence-corrected chi connectivity index (χ0v) is 24.4. The van der Waals surface area contributed by atoms with Gasteiger partial charge in [-0.3, -0.25) is 14.9 Å². The monoisotopic (exact) mass is 672 g/mol. The average Bonchev–Trinajstić information content (AvgIpc) is 2.96. The van der Waals surface area contributed by atoms with Gasteiger partial charge in [0.25, 0.3) is 11.5 Å². The number of amides is 2. The van der Waals surface area contributed by atoms with Crippen molar-refractivity contribution in [2.75, 3.05) is 11.9 Å². The Hall–Kier alpha value is -5.39. The zero-order chi connectivity index (χ0) is 34.6. The number of nitrogens with zero attached hydrogens (tertiary/aromatic N) is 2. The molecule has 0 aliphatic heterocycles. The second kappa shape index (κ2) is 16.3. The molecule has 18 heteroatoms. The number of unbranched alkanes of at least 4 members (excludes halogenated alkanes) is 1. The number of pyridine rings is 1. The molecule has 0 unspecified atom stereocenters. The molecule has 0 aliphatic rings. The molecule has 2 aromatic carbocycles. The molecule has 12 nitrogen and oxygen atoms in total. The number of nitrogens with one attached hydrogen (secondary N) is 2. The van der Waals surface area contributed by atoms with Crippen LogP contribution in [0.25, 0.3) is 0 Å². The molecule has 0 radical (unpaired) electrons. The van der Waals surface area contributed by atoms with E-state index in [0.29, 0.717) is 24.9 Å². The molecule has 0 atom stereocenters. The Bertz CT molecular complexity index is 1610. The molecular formula is C29H30F6N6O6. The van der Waals surface area contributed by atoms with Gasteiger partial charge in [0.05, 0.1) is 5.69 Å². The summed E-state index contributed by atoms with van der Waals surface area (Å²) in [6, 6.07) is 12.6. The fraction of sp³-hybridized carbons (Fsp3) is 0.276. The van der Waals surface area contributed by atoms with Crippen LogP contribution in [0.2, 0.25) is 0 Å². The number of aromatic nitrogens is 1. The van der Waals surface area contributed by atoms with Gasteiger partial charge in [-0.25, -0.2) is 10.6 Å². The van der Waals surface area contributed by atoms with E-state index in [1.807, 2.05) is 0 Å². The smallest absolute Gasteiger partial charge is 0.444 e. The number of hydrogen-bond donors (Lipinski definition) is 4. The highest BCUT2D eigenvalue weighted by molar-refractivity contribution is 5.92. The van der Waals surface area contributed by atoms with Gasteiger partial charge in [-0.05, 0) is 54.3 Å². The van der Waals surface area contributed by atoms with E-state index < -0.39 is 41.8 Å². The summed E-state index contributed by atoms with van der Waals surface area (Å²) in [6.07, 6.45) is -7.02. The lowest BCUT2D eigenvalue weighted by Gasteiger charge is -2.15. The third-order valence-corrected chi connectivity index (χ3v) is 5.96. The summed E-state index contributed by atoms with van der Waals surface area (Å²) < 4.78 is 88.4. The van der Waals surface area contributed by atoms with Gasteiger partial charge in [0.1, 0.15) is 23.8 Å². The number of hydrogen-bond acceptors (Lipinski definition) is 9. The average molecular weight is 673 g/mol. The fourth-order valence-electron chi connectivity index (χ4n) is 3.92. The predicted molar refractivity (Wildman–Crippen MR) is 155 cm³/mol. The van der Waals surface area contributed by atoms with Gasteiger partial charge in [0.15, 0.2) is 0 Å². The third-order valence-electron chi connectivity index (χ3n) is 5.96. The topological polar surface area (TPSA) is 163 Å². The van der Waals surface area contributed by atoms with Gasteiger partial charge < -0.3 is 34.8 Å². The van der Waals surface area contributed by atoms with E-state index in [4.69, 9.17) is 16.3 Å². The Labute approximate surface area is 263 Å². The summed E-state index contributed by atoms with van der Waals surface area (Å²) in [7, 11) is 0. The molecule has 1 aromatic heterocycles. The Morgan fingerprint density at radius 1 is 0.894 bits per heavy atom. The number of ether oxygens (including phenoxy) is 3. The van der Waals surface area contributed by atoms with Gasteiger partial charge in [-0.1, -0.05) is 24.3 Å². The van der Waals surface area contributed by atoms with Crippen LogP contribution in [0.1, 0.15) is 24.0 Å². The summed E-state index contributed by atoms with van der Waals surface area (Å²) in [6.45, 7) is 0.0942. The molecular weight excluding hydrogens is 642 g/mol. The predicted octanol–water partition coefficient (Wildman–Crippen LogP) is 4.47. The minimum Gasteiger partial charge on any atom is -0.444 e. The quantitative estimate of drug-likeness (QED) is 0.0637. The summed E-state index contributed by atoms with van der Waals surface area (Å²) in [5, 5.41) is 6.01. The van der Waals surface area contributed by atoms with Crippen molar-refractivity contribution < 1.29 is 50.1 Å². The number of rotatable bonds is 14. The molecule has 0 saturated heterocycles. The lowest BCUT2D eigenvalue weighted by Crippen LogP contribution is -2.33. The van der Waals surface area contributed by atoms with Crippen molar-refractivity contribution in [1.29, 1.82) is 0 Å². The first-order valence-electron chi connectivity index (χ1n) is 13.7. The molecule has 0 fully saturated rings. The van der Waals surface area contributed by atoms with Crippen LogP contribution in [0.3, 0.4) is 0 Å². The van der Waals surface area contributed by atoms with Gasteiger partial charge >= 0.3 is 18.8 Å². The van der Waals surface area contributed by atoms with Gasteiger partial charge in [0.2, 0.25) is 0 Å². The van der Waals surface area contributed by atoms with Crippen LogP contribution in [0.5, 0.6) is 11.5 Å². The first-order valence-corrected chi connectivity index (χ1v) is 13.7. The SMILES string of the molecule is N/C(=C\N(N)CCCCn1ccc(NC(=O)OCc2cccc(OC(F)(F)F)c2)cc1=O)C(=O)NCc1cccc(OC(F)(F)F)c1. The minimum absolute atomic E-state index is 0.115. The van der Waals surface area contributed by atoms with E-state index in [0.717, 1.165) is 30.3 Å². The Kier molecular flexibility index (Phi) is 12.5. The molecule has 0 bridgehead atoms. The number of nitrogens with two attached hydrogens (primary N) is 2. The highest BCUT2D eigenvalue weighted by atomic mass is 19.4. The maximum atomic E-state index is 12.4. The van der Waals surface area contributed by atoms with Gasteiger partial charge in [-0.2, -0.15) is 0 Å². The first kappa shape index (κ1) is 36.1. The second-order valence-corrected chi connectivity index (χ2v) is 9.75. The van der Waals surface area contributed by atoms with Crippen molar-refractivity contribution in [3.8, 4) is 11.5 Å². The number of benzene rings is 2. The van der Waals surface area contributed by atoms with Crippen LogP contribution < -0.4 is 37.2 Å². The standard InChI is InChI=1S/C29H30F6N6O6/c30-28(31,32)46-22-7-3-5-19(13-22)16-38-26(43)24(36)17-41(37)11-2-1-10-40-12-9-21(15-25(40)42)39-27(44)45-18-20-6-4-8-23(14-20)47-29(33,34)35/h3-9,12-15,17H,1-2,10-11,16,18,36-37H2,(H,38,43)(H,39,44)/b24-17-. The van der Waals surface area contributed by atoms with E-state index in [1.54, 1.807) is 0 Å². The van der Waals surface area contributed by atoms with Crippen molar-refractivity contribution in [3.05, 3.63) is 100 Å². The highest BCUT2D eigenvalue weighted by Gasteiger charge is 2.31. The van der Waals surface area contributed by atoms with Crippen LogP contribution >= 0.6 is 0 Å². The van der Waals surface area contributed by atoms with Crippen LogP contribution in [0.4, 0.5) is 36.8 Å². The lowest BCUT2D eigenvalue weighted by atomic mass is 10.2. The van der Waals surface area contributed by atoms with Crippen LogP contribution in [0.15, 0.2) is 83.6 Å². The molecule has 6 N–H and O–H groups in total. The molecule has 1 heterocycles. The van der Waals surface area contributed by atoms with Crippen LogP contribution in [-0.2, 0) is 29.2 Å². The van der Waals surface area contributed by atoms with Crippen LogP contribution in [0, 0.1) is 0 Å². The molecule has 254 valence electrons. The summed E-state index contributed by atoms with van der Waals surface area (Å²) in [4.78, 5) is 36.8. The van der Waals surface area contributed by atoms with E-state index in [-0.39, 0.29) is 36.6 Å². The number of aryl methyl sites for hydroxylation is 1. The number of carbonyl (C=O) groups excluding carboxylic acids is 2. The normalized spacial score (nSPS) is 11.9. The number of hydrazine groups is 1. The fourth-order valence-corrected chi connectivity index (χ4v) is 3.92. The van der Waals surface area contributed by atoms with Crippen molar-refractivity contribution in [3.63, 3.8) is 0 Å². The lowest BCUT2D eigenvalue weighted by molar-refractivity contribution is -0.275. The van der Waals surface area contributed by atoms with E-state index in [1.165, 1.54) is 52.3 Å². The minimum atomic E-state index is -4.86. The largest absolute Gasteiger partial charge is 0.573 e. The molecule has 47 heavy (non-hydrogen) atoms. The maximum Gasteiger partial charge on any atom is 0.573 e. The third kappa shape index (κ3) is 13.6. The van der Waals surface area contributed by atoms with Crippen molar-refractivity contribution in [2.45, 2.75) is 45.3 Å². The molecule has 2 amide bonds. The maximum absolute atomic E-state index is 12.4. The number of carbonyl (C=O) groups is 2. The first-order chi connectivity index (χ1) is 22.1. The number of alkyl halides is 6. The van der Waals surface area contributed by atoms with Crippen LogP contribution in [-0.4, -0.2) is 40.8 Å². The summed E-state index contributed by atoms with van der Waals surface area (Å²) in [5.41, 5.74) is 5.83. The molecule has 0 aliphatic carbocycles. The zero-order valence-electron chi connectivity index (χ0n) is 24.4. The van der Waals surface area contributed by atoms with Gasteiger partial charge in [-0.15, -0.1) is 26.3 Å². The molecule has 0 saturated carbocycles. The Morgan fingerprint density at radius 3 is 2.13 bits per heavy atom. The van der Waals surface area contributed by atoms with E-state index >= 15 is 0 Å². The molecule has 3 aromatic rings. The molecule has 3 rings (SSSR count). The Balaban J connectivity index is 1.38. The van der Waals surface area contributed by atoms with Gasteiger partial charge in [0, 0.05) is 38.1 Å². The number of anilines is 1. The second-order valence-electron chi connectivity index (χ2n) is 9.75. The highest BCUT2D eigenvalue weighted by Crippen LogP contribution is 2.24. The Morgan fingerprint density at radius 2 is 1.51 bits per heavy atom. The van der Waals surface area contributed by atoms with Crippen molar-refractivity contribution >= 4 is 17.7 Å². The van der Waals surface area contributed by atoms with Crippen molar-refractivity contribution in [1.82, 2.24) is 14.9 Å². The number of halogens is 6.